The van der Waals surface area contributed by atoms with E-state index in [9.17, 15) is 18.4 Å². The van der Waals surface area contributed by atoms with Gasteiger partial charge in [0, 0.05) is 12.3 Å². The molecule has 0 bridgehead atoms. The summed E-state index contributed by atoms with van der Waals surface area (Å²) in [6, 6.07) is 4.07. The van der Waals surface area contributed by atoms with Gasteiger partial charge in [-0.2, -0.15) is 5.26 Å². The largest absolute Gasteiger partial charge is 0.333 e. The van der Waals surface area contributed by atoms with E-state index in [4.69, 9.17) is 5.26 Å². The Kier molecular flexibility index (Phi) is 2.77. The minimum absolute atomic E-state index is 0.377. The van der Waals surface area contributed by atoms with Crippen molar-refractivity contribution in [3.63, 3.8) is 0 Å². The van der Waals surface area contributed by atoms with Crippen molar-refractivity contribution >= 4 is 0 Å². The number of benzene rings is 1. The lowest BCUT2D eigenvalue weighted by molar-refractivity contribution is 0.589. The Labute approximate surface area is 98.5 Å². The van der Waals surface area contributed by atoms with Crippen molar-refractivity contribution in [3.05, 3.63) is 62.4 Å². The van der Waals surface area contributed by atoms with Gasteiger partial charge < -0.3 is 0 Å². The van der Waals surface area contributed by atoms with E-state index in [1.54, 1.807) is 6.07 Å². The van der Waals surface area contributed by atoms with Crippen molar-refractivity contribution in [3.8, 4) is 11.8 Å². The second kappa shape index (κ2) is 4.25. The molecule has 1 aromatic heterocycles. The van der Waals surface area contributed by atoms with Crippen LogP contribution in [0.15, 0.2) is 34.0 Å². The monoisotopic (exact) mass is 249 g/mol. The Morgan fingerprint density at radius 1 is 1.28 bits per heavy atom. The van der Waals surface area contributed by atoms with Gasteiger partial charge in [0.05, 0.1) is 5.69 Å². The van der Waals surface area contributed by atoms with E-state index in [-0.39, 0.29) is 11.3 Å². The first-order chi connectivity index (χ1) is 8.52. The normalized spacial score (nSPS) is 10.1. The molecule has 0 saturated carbocycles. The molecule has 0 unspecified atom stereocenters. The molecule has 18 heavy (non-hydrogen) atoms. The summed E-state index contributed by atoms with van der Waals surface area (Å²) in [5, 5.41) is 8.65. The fourth-order valence-corrected chi connectivity index (χ4v) is 1.40. The van der Waals surface area contributed by atoms with E-state index in [0.717, 1.165) is 24.4 Å². The van der Waals surface area contributed by atoms with E-state index in [2.05, 4.69) is 0 Å². The van der Waals surface area contributed by atoms with Crippen molar-refractivity contribution in [2.24, 2.45) is 0 Å². The van der Waals surface area contributed by atoms with Crippen molar-refractivity contribution in [2.75, 3.05) is 0 Å². The zero-order chi connectivity index (χ0) is 13.3. The highest BCUT2D eigenvalue weighted by molar-refractivity contribution is 5.36. The molecule has 0 atom stereocenters. The molecular weight excluding hydrogens is 244 g/mol. The third-order valence-corrected chi connectivity index (χ3v) is 2.23. The third kappa shape index (κ3) is 1.91. The molecule has 1 aromatic carbocycles. The van der Waals surface area contributed by atoms with Crippen LogP contribution in [0.2, 0.25) is 0 Å². The molecule has 0 aliphatic heterocycles. The molecule has 0 radical (unpaired) electrons. The predicted octanol–water partition coefficient (Wildman–Crippen LogP) is 0.676. The molecular formula is C11H5F2N3O2. The van der Waals surface area contributed by atoms with Crippen molar-refractivity contribution in [2.45, 2.75) is 0 Å². The summed E-state index contributed by atoms with van der Waals surface area (Å²) < 4.78 is 27.1. The Morgan fingerprint density at radius 2 is 2.00 bits per heavy atom. The zero-order valence-corrected chi connectivity index (χ0v) is 8.78. The molecule has 0 aliphatic rings. The maximum atomic E-state index is 13.5. The summed E-state index contributed by atoms with van der Waals surface area (Å²) in [5.74, 6) is -1.60. The molecule has 0 fully saturated rings. The smallest absolute Gasteiger partial charge is 0.273 e. The average Bonchev–Trinajstić information content (AvgIpc) is 2.33. The quantitative estimate of drug-likeness (QED) is 0.806. The Morgan fingerprint density at radius 3 is 2.67 bits per heavy atom. The lowest BCUT2D eigenvalue weighted by Gasteiger charge is -2.06. The van der Waals surface area contributed by atoms with Gasteiger partial charge in [-0.3, -0.25) is 14.3 Å². The maximum absolute atomic E-state index is 13.5. The number of H-pyrrole nitrogens is 1. The summed E-state index contributed by atoms with van der Waals surface area (Å²) in [5.41, 5.74) is -2.59. The van der Waals surface area contributed by atoms with E-state index in [0.29, 0.717) is 4.57 Å². The van der Waals surface area contributed by atoms with E-state index in [1.165, 1.54) is 0 Å². The molecule has 7 heteroatoms. The molecule has 0 spiro atoms. The number of nitriles is 1. The lowest BCUT2D eigenvalue weighted by atomic mass is 10.3. The van der Waals surface area contributed by atoms with Crippen LogP contribution in [0.3, 0.4) is 0 Å². The molecule has 1 heterocycles. The lowest BCUT2D eigenvalue weighted by Crippen LogP contribution is -2.30. The van der Waals surface area contributed by atoms with Crippen LogP contribution in [0.1, 0.15) is 5.56 Å². The summed E-state index contributed by atoms with van der Waals surface area (Å²) in [7, 11) is 0. The first-order valence-electron chi connectivity index (χ1n) is 4.74. The zero-order valence-electron chi connectivity index (χ0n) is 8.78. The Hall–Kier alpha value is -2.75. The Bertz CT molecular complexity index is 771. The molecule has 0 saturated heterocycles. The molecule has 0 aliphatic carbocycles. The number of rotatable bonds is 1. The first-order valence-corrected chi connectivity index (χ1v) is 4.74. The second-order valence-corrected chi connectivity index (χ2v) is 3.38. The van der Waals surface area contributed by atoms with Gasteiger partial charge in [0.2, 0.25) is 0 Å². The van der Waals surface area contributed by atoms with E-state index in [1.807, 2.05) is 4.98 Å². The Balaban J connectivity index is 2.80. The fraction of sp³-hybridized carbons (Fsp3) is 0. The topological polar surface area (TPSA) is 78.7 Å². The van der Waals surface area contributed by atoms with Crippen LogP contribution >= 0.6 is 0 Å². The van der Waals surface area contributed by atoms with Crippen LogP contribution in [-0.2, 0) is 0 Å². The fourth-order valence-electron chi connectivity index (χ4n) is 1.40. The highest BCUT2D eigenvalue weighted by Crippen LogP contribution is 2.12. The number of hydrogen-bond acceptors (Lipinski definition) is 3. The number of nitrogens with one attached hydrogen (secondary N) is 1. The third-order valence-electron chi connectivity index (χ3n) is 2.23. The van der Waals surface area contributed by atoms with Gasteiger partial charge in [-0.05, 0) is 12.1 Å². The SMILES string of the molecule is N#Cc1cn(-c2cc(F)ccc2F)c(=O)[nH]c1=O. The van der Waals surface area contributed by atoms with Gasteiger partial charge in [-0.1, -0.05) is 0 Å². The summed E-state index contributed by atoms with van der Waals surface area (Å²) in [6.45, 7) is 0. The van der Waals surface area contributed by atoms with Crippen molar-refractivity contribution in [1.82, 2.24) is 9.55 Å². The molecule has 0 amide bonds. The van der Waals surface area contributed by atoms with Crippen molar-refractivity contribution < 1.29 is 8.78 Å². The van der Waals surface area contributed by atoms with Crippen LogP contribution < -0.4 is 11.2 Å². The predicted molar refractivity (Wildman–Crippen MR) is 57.3 cm³/mol. The van der Waals surface area contributed by atoms with Crippen LogP contribution in [-0.4, -0.2) is 9.55 Å². The van der Waals surface area contributed by atoms with Crippen molar-refractivity contribution in [1.29, 1.82) is 5.26 Å². The summed E-state index contributed by atoms with van der Waals surface area (Å²) in [4.78, 5) is 24.5. The summed E-state index contributed by atoms with van der Waals surface area (Å²) in [6.07, 6.45) is 0.860. The van der Waals surface area contributed by atoms with Crippen LogP contribution in [0, 0.1) is 23.0 Å². The number of aromatic nitrogens is 2. The number of aromatic amines is 1. The van der Waals surface area contributed by atoms with E-state index < -0.39 is 22.9 Å². The minimum atomic E-state index is -0.955. The van der Waals surface area contributed by atoms with Gasteiger partial charge in [0.15, 0.2) is 0 Å². The van der Waals surface area contributed by atoms with Gasteiger partial charge in [-0.15, -0.1) is 0 Å². The first kappa shape index (κ1) is 11.7. The highest BCUT2D eigenvalue weighted by Gasteiger charge is 2.10. The van der Waals surface area contributed by atoms with Crippen LogP contribution in [0.5, 0.6) is 0 Å². The highest BCUT2D eigenvalue weighted by atomic mass is 19.1. The van der Waals surface area contributed by atoms with E-state index >= 15 is 0 Å². The minimum Gasteiger partial charge on any atom is -0.273 e. The van der Waals surface area contributed by atoms with Gasteiger partial charge in [-0.25, -0.2) is 13.6 Å². The molecule has 5 nitrogen and oxygen atoms in total. The van der Waals surface area contributed by atoms with Crippen LogP contribution in [0.25, 0.3) is 5.69 Å². The molecule has 1 N–H and O–H groups in total. The number of nitrogens with zero attached hydrogens (tertiary/aromatic N) is 2. The van der Waals surface area contributed by atoms with Gasteiger partial charge in [0.25, 0.3) is 5.56 Å². The standard InChI is InChI=1S/C11H5F2N3O2/c12-7-1-2-8(13)9(3-7)16-5-6(4-14)10(17)15-11(16)18/h1-3,5H,(H,15,17,18). The summed E-state index contributed by atoms with van der Waals surface area (Å²) >= 11 is 0. The second-order valence-electron chi connectivity index (χ2n) is 3.38. The number of halogens is 2. The molecule has 2 aromatic rings. The molecule has 90 valence electrons. The average molecular weight is 249 g/mol. The maximum Gasteiger partial charge on any atom is 0.333 e. The van der Waals surface area contributed by atoms with Gasteiger partial charge >= 0.3 is 5.69 Å². The molecule has 2 rings (SSSR count). The van der Waals surface area contributed by atoms with Crippen LogP contribution in [0.4, 0.5) is 8.78 Å². The van der Waals surface area contributed by atoms with Gasteiger partial charge in [0.1, 0.15) is 23.3 Å². The number of hydrogen-bond donors (Lipinski definition) is 1.